The largest absolute Gasteiger partial charge is 0.353 e. The van der Waals surface area contributed by atoms with Crippen molar-refractivity contribution < 1.29 is 9.47 Å². The molecule has 1 rings (SSSR count). The molecule has 0 amide bonds. The first-order valence-electron chi connectivity index (χ1n) is 3.28. The van der Waals surface area contributed by atoms with E-state index in [0.29, 0.717) is 0 Å². The molecule has 0 saturated heterocycles. The van der Waals surface area contributed by atoms with Crippen molar-refractivity contribution in [1.29, 1.82) is 0 Å². The molecule has 1 fully saturated rings. The maximum Gasteiger partial charge on any atom is 0.170 e. The number of hydrogen-bond acceptors (Lipinski definition) is 2. The summed E-state index contributed by atoms with van der Waals surface area (Å²) in [5, 5.41) is 0. The van der Waals surface area contributed by atoms with Crippen LogP contribution in [0, 0.1) is 6.42 Å². The van der Waals surface area contributed by atoms with Gasteiger partial charge < -0.3 is 9.47 Å². The fourth-order valence-electron chi connectivity index (χ4n) is 1.23. The van der Waals surface area contributed by atoms with Crippen molar-refractivity contribution in [3.8, 4) is 0 Å². The van der Waals surface area contributed by atoms with E-state index in [1.54, 1.807) is 14.2 Å². The van der Waals surface area contributed by atoms with Crippen molar-refractivity contribution in [2.45, 2.75) is 25.0 Å². The zero-order valence-corrected chi connectivity index (χ0v) is 6.02. The van der Waals surface area contributed by atoms with Gasteiger partial charge in [-0.25, -0.2) is 0 Å². The van der Waals surface area contributed by atoms with Crippen molar-refractivity contribution in [2.24, 2.45) is 0 Å². The predicted octanol–water partition coefficient (Wildman–Crippen LogP) is 1.36. The average molecular weight is 129 g/mol. The van der Waals surface area contributed by atoms with Crippen molar-refractivity contribution in [1.82, 2.24) is 0 Å². The molecule has 0 atom stereocenters. The van der Waals surface area contributed by atoms with Crippen LogP contribution in [-0.4, -0.2) is 20.0 Å². The van der Waals surface area contributed by atoms with E-state index in [9.17, 15) is 0 Å². The molecule has 1 radical (unpaired) electrons. The molecule has 0 unspecified atom stereocenters. The van der Waals surface area contributed by atoms with Gasteiger partial charge in [0.15, 0.2) is 5.79 Å². The Hall–Kier alpha value is -0.0800. The highest BCUT2D eigenvalue weighted by molar-refractivity contribution is 4.92. The molecule has 0 aromatic heterocycles. The minimum absolute atomic E-state index is 0.347. The third-order valence-electron chi connectivity index (χ3n) is 1.88. The number of hydrogen-bond donors (Lipinski definition) is 0. The number of ether oxygens (including phenoxy) is 2. The van der Waals surface area contributed by atoms with E-state index in [0.717, 1.165) is 12.8 Å². The molecule has 0 aromatic carbocycles. The lowest BCUT2D eigenvalue weighted by atomic mass is 10.2. The Labute approximate surface area is 56.2 Å². The fourth-order valence-corrected chi connectivity index (χ4v) is 1.23. The van der Waals surface area contributed by atoms with Gasteiger partial charge in [-0.3, -0.25) is 0 Å². The third kappa shape index (κ3) is 1.25. The summed E-state index contributed by atoms with van der Waals surface area (Å²) in [7, 11) is 3.37. The molecule has 1 aliphatic carbocycles. The number of rotatable bonds is 2. The molecule has 0 aromatic rings. The van der Waals surface area contributed by atoms with E-state index in [1.807, 2.05) is 0 Å². The fraction of sp³-hybridized carbons (Fsp3) is 0.857. The zero-order chi connectivity index (χ0) is 6.74. The highest BCUT2D eigenvalue weighted by atomic mass is 16.7. The van der Waals surface area contributed by atoms with E-state index in [2.05, 4.69) is 6.42 Å². The standard InChI is InChI=1S/C7H13O2/c1-8-7(9-2)5-3-4-6-7/h5H,3-4,6H2,1-2H3. The van der Waals surface area contributed by atoms with Gasteiger partial charge in [0, 0.05) is 27.1 Å². The quantitative estimate of drug-likeness (QED) is 0.524. The first-order chi connectivity index (χ1) is 4.33. The lowest BCUT2D eigenvalue weighted by Crippen LogP contribution is -2.29. The molecular formula is C7H13O2. The Bertz CT molecular complexity index is 78.9. The second-order valence-corrected chi connectivity index (χ2v) is 2.32. The summed E-state index contributed by atoms with van der Waals surface area (Å²) in [6.45, 7) is 0. The van der Waals surface area contributed by atoms with Crippen LogP contribution in [0.15, 0.2) is 0 Å². The first-order valence-corrected chi connectivity index (χ1v) is 3.28. The summed E-state index contributed by atoms with van der Waals surface area (Å²) >= 11 is 0. The second-order valence-electron chi connectivity index (χ2n) is 2.32. The van der Waals surface area contributed by atoms with Gasteiger partial charge in [-0.2, -0.15) is 0 Å². The van der Waals surface area contributed by atoms with Gasteiger partial charge in [-0.15, -0.1) is 0 Å². The normalized spacial score (nSPS) is 24.7. The van der Waals surface area contributed by atoms with Gasteiger partial charge in [0.05, 0.1) is 0 Å². The van der Waals surface area contributed by atoms with E-state index in [4.69, 9.17) is 9.47 Å². The molecule has 0 aliphatic heterocycles. The summed E-state index contributed by atoms with van der Waals surface area (Å²) in [6, 6.07) is 0. The Morgan fingerprint density at radius 3 is 2.22 bits per heavy atom. The van der Waals surface area contributed by atoms with Crippen molar-refractivity contribution in [3.05, 3.63) is 6.42 Å². The van der Waals surface area contributed by atoms with Crippen LogP contribution < -0.4 is 0 Å². The average Bonchev–Trinajstić information content (AvgIpc) is 2.36. The van der Waals surface area contributed by atoms with Crippen LogP contribution in [0.3, 0.4) is 0 Å². The summed E-state index contributed by atoms with van der Waals surface area (Å²) < 4.78 is 10.3. The van der Waals surface area contributed by atoms with Crippen molar-refractivity contribution in [3.63, 3.8) is 0 Å². The minimum atomic E-state index is -0.347. The molecule has 1 saturated carbocycles. The summed E-state index contributed by atoms with van der Waals surface area (Å²) in [5.41, 5.74) is 0. The molecule has 9 heavy (non-hydrogen) atoms. The highest BCUT2D eigenvalue weighted by Crippen LogP contribution is 2.31. The summed E-state index contributed by atoms with van der Waals surface area (Å²) in [4.78, 5) is 0. The van der Waals surface area contributed by atoms with Crippen LogP contribution >= 0.6 is 0 Å². The van der Waals surface area contributed by atoms with Crippen molar-refractivity contribution in [2.75, 3.05) is 14.2 Å². The van der Waals surface area contributed by atoms with Gasteiger partial charge in [-0.1, -0.05) is 0 Å². The molecule has 2 heteroatoms. The monoisotopic (exact) mass is 129 g/mol. The third-order valence-corrected chi connectivity index (χ3v) is 1.88. The predicted molar refractivity (Wildman–Crippen MR) is 34.9 cm³/mol. The lowest BCUT2D eigenvalue weighted by molar-refractivity contribution is -0.176. The molecule has 0 heterocycles. The SMILES string of the molecule is COC1(OC)[CH]CCC1. The Morgan fingerprint density at radius 2 is 2.00 bits per heavy atom. The zero-order valence-electron chi connectivity index (χ0n) is 6.02. The Morgan fingerprint density at radius 1 is 1.33 bits per heavy atom. The van der Waals surface area contributed by atoms with E-state index in [-0.39, 0.29) is 5.79 Å². The van der Waals surface area contributed by atoms with E-state index >= 15 is 0 Å². The van der Waals surface area contributed by atoms with Gasteiger partial charge in [0.2, 0.25) is 0 Å². The van der Waals surface area contributed by atoms with Gasteiger partial charge >= 0.3 is 0 Å². The van der Waals surface area contributed by atoms with Crippen LogP contribution in [-0.2, 0) is 9.47 Å². The molecular weight excluding hydrogens is 116 g/mol. The van der Waals surface area contributed by atoms with Crippen LogP contribution in [0.2, 0.25) is 0 Å². The molecule has 0 bridgehead atoms. The van der Waals surface area contributed by atoms with Crippen LogP contribution in [0.25, 0.3) is 0 Å². The van der Waals surface area contributed by atoms with Gasteiger partial charge in [0.25, 0.3) is 0 Å². The topological polar surface area (TPSA) is 18.5 Å². The molecule has 1 aliphatic rings. The van der Waals surface area contributed by atoms with Gasteiger partial charge in [-0.05, 0) is 12.8 Å². The van der Waals surface area contributed by atoms with Crippen LogP contribution in [0.5, 0.6) is 0 Å². The van der Waals surface area contributed by atoms with Crippen LogP contribution in [0.4, 0.5) is 0 Å². The molecule has 53 valence electrons. The van der Waals surface area contributed by atoms with E-state index in [1.165, 1.54) is 6.42 Å². The highest BCUT2D eigenvalue weighted by Gasteiger charge is 2.33. The molecule has 0 spiro atoms. The number of methoxy groups -OCH3 is 2. The molecule has 2 nitrogen and oxygen atoms in total. The van der Waals surface area contributed by atoms with Crippen molar-refractivity contribution >= 4 is 0 Å². The first kappa shape index (κ1) is 7.03. The maximum atomic E-state index is 5.17. The maximum absolute atomic E-state index is 5.17. The lowest BCUT2D eigenvalue weighted by Gasteiger charge is -2.24. The van der Waals surface area contributed by atoms with E-state index < -0.39 is 0 Å². The van der Waals surface area contributed by atoms with Crippen LogP contribution in [0.1, 0.15) is 19.3 Å². The Balaban J connectivity index is 2.45. The Kier molecular flexibility index (Phi) is 2.09. The molecule has 0 N–H and O–H groups in total. The van der Waals surface area contributed by atoms with Gasteiger partial charge in [0.1, 0.15) is 0 Å². The summed E-state index contributed by atoms with van der Waals surface area (Å²) in [6.07, 6.45) is 5.39. The second kappa shape index (κ2) is 2.67. The smallest absolute Gasteiger partial charge is 0.170 e. The summed E-state index contributed by atoms with van der Waals surface area (Å²) in [5.74, 6) is -0.347. The minimum Gasteiger partial charge on any atom is -0.353 e.